The van der Waals surface area contributed by atoms with Crippen LogP contribution in [0.1, 0.15) is 16.2 Å². The maximum atomic E-state index is 13.5. The van der Waals surface area contributed by atoms with Crippen LogP contribution in [0.4, 0.5) is 14.5 Å². The van der Waals surface area contributed by atoms with E-state index < -0.39 is 17.5 Å². The fourth-order valence-corrected chi connectivity index (χ4v) is 2.32. The first-order valence-corrected chi connectivity index (χ1v) is 7.88. The lowest BCUT2D eigenvalue weighted by molar-refractivity contribution is 0.102. The fraction of sp³-hybridized carbons (Fsp3) is 0.0625. The first kappa shape index (κ1) is 16.5. The van der Waals surface area contributed by atoms with E-state index in [1.807, 2.05) is 0 Å². The number of hydrogen-bond acceptors (Lipinski definition) is 4. The van der Waals surface area contributed by atoms with E-state index in [0.29, 0.717) is 22.8 Å². The maximum Gasteiger partial charge on any atom is 0.257 e. The highest BCUT2D eigenvalue weighted by atomic mass is 127. The van der Waals surface area contributed by atoms with Gasteiger partial charge in [0.1, 0.15) is 11.6 Å². The number of amides is 1. The highest BCUT2D eigenvalue weighted by Gasteiger charge is 2.12. The number of carbonyl (C=O) groups excluding carboxylic acids is 1. The molecule has 0 aliphatic heterocycles. The van der Waals surface area contributed by atoms with Gasteiger partial charge in [0.15, 0.2) is 5.82 Å². The Balaban J connectivity index is 1.78. The number of nitrogens with zero attached hydrogens (tertiary/aromatic N) is 2. The van der Waals surface area contributed by atoms with Gasteiger partial charge in [0, 0.05) is 16.8 Å². The number of carbonyl (C=O) groups is 1. The van der Waals surface area contributed by atoms with Crippen LogP contribution in [-0.4, -0.2) is 16.0 Å². The van der Waals surface area contributed by atoms with Crippen molar-refractivity contribution in [1.29, 1.82) is 0 Å². The molecule has 2 aromatic carbocycles. The van der Waals surface area contributed by atoms with Gasteiger partial charge in [-0.3, -0.25) is 4.79 Å². The van der Waals surface area contributed by atoms with Crippen molar-refractivity contribution in [3.8, 4) is 11.5 Å². The molecule has 0 unspecified atom stereocenters. The van der Waals surface area contributed by atoms with E-state index in [9.17, 15) is 13.6 Å². The summed E-state index contributed by atoms with van der Waals surface area (Å²) in [6, 6.07) is 8.55. The average molecular weight is 441 g/mol. The summed E-state index contributed by atoms with van der Waals surface area (Å²) in [4.78, 5) is 16.3. The summed E-state index contributed by atoms with van der Waals surface area (Å²) in [5.74, 6) is -1.08. The molecule has 0 radical (unpaired) electrons. The molecular weight excluding hydrogens is 431 g/mol. The van der Waals surface area contributed by atoms with Crippen molar-refractivity contribution < 1.29 is 18.1 Å². The molecule has 0 fully saturated rings. The predicted molar refractivity (Wildman–Crippen MR) is 91.5 cm³/mol. The largest absolute Gasteiger partial charge is 0.334 e. The Labute approximate surface area is 149 Å². The third-order valence-corrected chi connectivity index (χ3v) is 4.19. The molecule has 3 aromatic rings. The van der Waals surface area contributed by atoms with E-state index in [-0.39, 0.29) is 9.26 Å². The third-order valence-electron chi connectivity index (χ3n) is 3.16. The van der Waals surface area contributed by atoms with Crippen molar-refractivity contribution in [3.05, 3.63) is 63.0 Å². The highest BCUT2D eigenvalue weighted by Crippen LogP contribution is 2.22. The summed E-state index contributed by atoms with van der Waals surface area (Å²) in [6.45, 7) is 1.70. The number of rotatable bonds is 3. The number of aromatic nitrogens is 2. The Kier molecular flexibility index (Phi) is 4.56. The van der Waals surface area contributed by atoms with Crippen molar-refractivity contribution in [2.45, 2.75) is 6.92 Å². The summed E-state index contributed by atoms with van der Waals surface area (Å²) in [5.41, 5.74) is 1.04. The van der Waals surface area contributed by atoms with E-state index in [0.717, 1.165) is 12.1 Å². The summed E-state index contributed by atoms with van der Waals surface area (Å²) in [6.07, 6.45) is 0. The molecule has 0 aliphatic rings. The van der Waals surface area contributed by atoms with Gasteiger partial charge in [-0.2, -0.15) is 4.98 Å². The van der Waals surface area contributed by atoms with Gasteiger partial charge in [-0.1, -0.05) is 5.16 Å². The Bertz CT molecular complexity index is 887. The SMILES string of the molecule is Cc1noc(-c2ccc(C(=O)Nc3cc(F)c(I)c(F)c3)cc2)n1. The van der Waals surface area contributed by atoms with E-state index >= 15 is 0 Å². The molecule has 0 spiro atoms. The van der Waals surface area contributed by atoms with Crippen LogP contribution in [-0.2, 0) is 0 Å². The molecule has 1 heterocycles. The van der Waals surface area contributed by atoms with Gasteiger partial charge in [0.2, 0.25) is 0 Å². The minimum absolute atomic E-state index is 0.0482. The quantitative estimate of drug-likeness (QED) is 0.489. The molecule has 0 atom stereocenters. The second-order valence-electron chi connectivity index (χ2n) is 4.93. The van der Waals surface area contributed by atoms with Crippen LogP contribution in [0, 0.1) is 22.1 Å². The average Bonchev–Trinajstić information content (AvgIpc) is 2.99. The summed E-state index contributed by atoms with van der Waals surface area (Å²) in [5, 5.41) is 6.15. The normalized spacial score (nSPS) is 10.7. The van der Waals surface area contributed by atoms with Crippen LogP contribution in [0.3, 0.4) is 0 Å². The molecule has 1 aromatic heterocycles. The van der Waals surface area contributed by atoms with Crippen LogP contribution < -0.4 is 5.32 Å². The van der Waals surface area contributed by atoms with Gasteiger partial charge in [0.05, 0.1) is 3.57 Å². The molecule has 8 heteroatoms. The maximum absolute atomic E-state index is 13.5. The summed E-state index contributed by atoms with van der Waals surface area (Å²) < 4.78 is 31.9. The van der Waals surface area contributed by atoms with E-state index in [1.165, 1.54) is 0 Å². The molecule has 0 saturated heterocycles. The van der Waals surface area contributed by atoms with Crippen LogP contribution in [0.25, 0.3) is 11.5 Å². The second-order valence-corrected chi connectivity index (χ2v) is 6.01. The van der Waals surface area contributed by atoms with Crippen molar-refractivity contribution in [2.24, 2.45) is 0 Å². The Hall–Kier alpha value is -2.36. The second kappa shape index (κ2) is 6.63. The van der Waals surface area contributed by atoms with Crippen LogP contribution in [0.15, 0.2) is 40.9 Å². The fourth-order valence-electron chi connectivity index (χ4n) is 2.01. The lowest BCUT2D eigenvalue weighted by Crippen LogP contribution is -2.12. The smallest absolute Gasteiger partial charge is 0.257 e. The number of benzene rings is 2. The molecule has 1 N–H and O–H groups in total. The number of halogens is 3. The monoisotopic (exact) mass is 441 g/mol. The van der Waals surface area contributed by atoms with Gasteiger partial charge >= 0.3 is 0 Å². The molecule has 1 amide bonds. The molecule has 24 heavy (non-hydrogen) atoms. The number of anilines is 1. The summed E-state index contributed by atoms with van der Waals surface area (Å²) >= 11 is 1.56. The van der Waals surface area contributed by atoms with Crippen molar-refractivity contribution >= 4 is 34.2 Å². The Morgan fingerprint density at radius 2 is 1.79 bits per heavy atom. The van der Waals surface area contributed by atoms with Crippen LogP contribution >= 0.6 is 22.6 Å². The standard InChI is InChI=1S/C16H10F2IN3O2/c1-8-20-16(24-22-8)10-4-2-9(3-5-10)15(23)21-11-6-12(17)14(19)13(18)7-11/h2-7H,1H3,(H,21,23). The number of aryl methyl sites for hydroxylation is 1. The van der Waals surface area contributed by atoms with Crippen molar-refractivity contribution in [2.75, 3.05) is 5.32 Å². The van der Waals surface area contributed by atoms with E-state index in [4.69, 9.17) is 4.52 Å². The van der Waals surface area contributed by atoms with Crippen LogP contribution in [0.2, 0.25) is 0 Å². The predicted octanol–water partition coefficient (Wildman–Crippen LogP) is 4.18. The molecule has 0 saturated carbocycles. The van der Waals surface area contributed by atoms with E-state index in [2.05, 4.69) is 15.5 Å². The highest BCUT2D eigenvalue weighted by molar-refractivity contribution is 14.1. The zero-order chi connectivity index (χ0) is 17.3. The molecule has 3 rings (SSSR count). The Morgan fingerprint density at radius 3 is 2.33 bits per heavy atom. The van der Waals surface area contributed by atoms with Gasteiger partial charge < -0.3 is 9.84 Å². The minimum Gasteiger partial charge on any atom is -0.334 e. The Morgan fingerprint density at radius 1 is 1.17 bits per heavy atom. The zero-order valence-electron chi connectivity index (χ0n) is 12.3. The first-order valence-electron chi connectivity index (χ1n) is 6.80. The number of hydrogen-bond donors (Lipinski definition) is 1. The lowest BCUT2D eigenvalue weighted by atomic mass is 10.1. The lowest BCUT2D eigenvalue weighted by Gasteiger charge is -2.07. The third kappa shape index (κ3) is 3.42. The van der Waals surface area contributed by atoms with E-state index in [1.54, 1.807) is 53.8 Å². The minimum atomic E-state index is -0.729. The molecule has 0 aliphatic carbocycles. The summed E-state index contributed by atoms with van der Waals surface area (Å²) in [7, 11) is 0. The number of nitrogens with one attached hydrogen (secondary N) is 1. The molecule has 0 bridgehead atoms. The molecule has 5 nitrogen and oxygen atoms in total. The zero-order valence-corrected chi connectivity index (χ0v) is 14.5. The van der Waals surface area contributed by atoms with Gasteiger partial charge in [0.25, 0.3) is 11.8 Å². The molecular formula is C16H10F2IN3O2. The van der Waals surface area contributed by atoms with Gasteiger partial charge in [-0.05, 0) is 65.9 Å². The van der Waals surface area contributed by atoms with Crippen molar-refractivity contribution in [1.82, 2.24) is 10.1 Å². The molecule has 122 valence electrons. The van der Waals surface area contributed by atoms with Crippen LogP contribution in [0.5, 0.6) is 0 Å². The van der Waals surface area contributed by atoms with Crippen molar-refractivity contribution in [3.63, 3.8) is 0 Å². The van der Waals surface area contributed by atoms with Gasteiger partial charge in [-0.25, -0.2) is 8.78 Å². The topological polar surface area (TPSA) is 68.0 Å². The van der Waals surface area contributed by atoms with Gasteiger partial charge in [-0.15, -0.1) is 0 Å². The first-order chi connectivity index (χ1) is 11.4.